The van der Waals surface area contributed by atoms with Crippen molar-refractivity contribution in [2.45, 2.75) is 51.1 Å². The van der Waals surface area contributed by atoms with Gasteiger partial charge in [-0.25, -0.2) is 4.79 Å². The Kier molecular flexibility index (Phi) is 8.52. The number of benzene rings is 2. The van der Waals surface area contributed by atoms with Crippen molar-refractivity contribution in [1.82, 2.24) is 14.7 Å². The number of carbonyl (C=O) groups is 1. The van der Waals surface area contributed by atoms with Crippen LogP contribution in [0, 0.1) is 0 Å². The molecule has 3 heterocycles. The fourth-order valence-corrected chi connectivity index (χ4v) is 5.09. The van der Waals surface area contributed by atoms with Crippen LogP contribution in [-0.2, 0) is 33.6 Å². The fourth-order valence-electron chi connectivity index (χ4n) is 5.09. The molecule has 2 aliphatic heterocycles. The van der Waals surface area contributed by atoms with E-state index in [9.17, 15) is 18.0 Å². The van der Waals surface area contributed by atoms with Crippen molar-refractivity contribution in [3.63, 3.8) is 0 Å². The quantitative estimate of drug-likeness (QED) is 0.416. The van der Waals surface area contributed by atoms with Gasteiger partial charge in [0.05, 0.1) is 18.3 Å². The number of piperidine rings is 1. The number of para-hydroxylation sites is 1. The monoisotopic (exact) mass is 542 g/mol. The van der Waals surface area contributed by atoms with Gasteiger partial charge in [-0.05, 0) is 41.8 Å². The van der Waals surface area contributed by atoms with Gasteiger partial charge >= 0.3 is 18.4 Å². The first-order valence-corrected chi connectivity index (χ1v) is 12.7. The number of anilines is 1. The Hall–Kier alpha value is -3.95. The van der Waals surface area contributed by atoms with Gasteiger partial charge in [0.1, 0.15) is 5.60 Å². The normalized spacial score (nSPS) is 16.9. The highest BCUT2D eigenvalue weighted by atomic mass is 19.4. The molecular formula is C28H29F3N4O4. The molecule has 0 atom stereocenters. The number of amides is 1. The van der Waals surface area contributed by atoms with E-state index in [0.29, 0.717) is 44.6 Å². The number of hydrogen-bond donors (Lipinski definition) is 0. The molecule has 0 aliphatic carbocycles. The smallest absolute Gasteiger partial charge is 0.416 e. The lowest BCUT2D eigenvalue weighted by atomic mass is 9.90. The van der Waals surface area contributed by atoms with Crippen LogP contribution in [0.5, 0.6) is 0 Å². The fraction of sp³-hybridized carbons (Fsp3) is 0.393. The number of hydrogen-bond acceptors (Lipinski definition) is 6. The first-order valence-electron chi connectivity index (χ1n) is 12.7. The molecule has 206 valence electrons. The molecule has 1 spiro atoms. The standard InChI is InChI=1S/C27H29F3N4O2.CO2/c1-2-12-33-18-21(16-31-33)24-9-8-22(27(28,29)30)15-20(24)17-32-13-10-26(11-14-32)19-34(25(35)36-26)23-6-4-3-5-7-23;2-1-3/h3-9,15-16,18H,2,10-14,17,19H2,1H3;. The summed E-state index contributed by atoms with van der Waals surface area (Å²) in [5.41, 5.74) is 1.77. The molecule has 0 radical (unpaired) electrons. The van der Waals surface area contributed by atoms with Crippen molar-refractivity contribution in [3.8, 4) is 11.1 Å². The summed E-state index contributed by atoms with van der Waals surface area (Å²) in [6.45, 7) is 4.92. The summed E-state index contributed by atoms with van der Waals surface area (Å²) in [6, 6.07) is 13.4. The van der Waals surface area contributed by atoms with Crippen molar-refractivity contribution in [2.75, 3.05) is 24.5 Å². The number of carbonyl (C=O) groups excluding carboxylic acids is 3. The number of aromatic nitrogens is 2. The third-order valence-electron chi connectivity index (χ3n) is 7.03. The second kappa shape index (κ2) is 11.8. The zero-order valence-electron chi connectivity index (χ0n) is 21.5. The summed E-state index contributed by atoms with van der Waals surface area (Å²) in [7, 11) is 0. The van der Waals surface area contributed by atoms with Crippen LogP contribution < -0.4 is 4.90 Å². The van der Waals surface area contributed by atoms with Crippen LogP contribution in [0.15, 0.2) is 60.9 Å². The van der Waals surface area contributed by atoms with Gasteiger partial charge in [-0.15, -0.1) is 0 Å². The molecule has 8 nitrogen and oxygen atoms in total. The van der Waals surface area contributed by atoms with Gasteiger partial charge in [-0.1, -0.05) is 31.2 Å². The molecule has 0 unspecified atom stereocenters. The highest BCUT2D eigenvalue weighted by Gasteiger charge is 2.47. The predicted octanol–water partition coefficient (Wildman–Crippen LogP) is 5.39. The van der Waals surface area contributed by atoms with Gasteiger partial charge in [0.2, 0.25) is 0 Å². The van der Waals surface area contributed by atoms with Crippen molar-refractivity contribution >= 4 is 17.9 Å². The van der Waals surface area contributed by atoms with E-state index < -0.39 is 17.3 Å². The van der Waals surface area contributed by atoms with E-state index in [2.05, 4.69) is 16.9 Å². The van der Waals surface area contributed by atoms with Crippen LogP contribution in [0.25, 0.3) is 11.1 Å². The number of halogens is 3. The van der Waals surface area contributed by atoms with E-state index >= 15 is 0 Å². The Labute approximate surface area is 224 Å². The van der Waals surface area contributed by atoms with Crippen molar-refractivity contribution in [1.29, 1.82) is 0 Å². The Morgan fingerprint density at radius 3 is 2.41 bits per heavy atom. The van der Waals surface area contributed by atoms with E-state index in [1.165, 1.54) is 6.07 Å². The maximum atomic E-state index is 13.5. The van der Waals surface area contributed by atoms with Crippen LogP contribution >= 0.6 is 0 Å². The van der Waals surface area contributed by atoms with Crippen molar-refractivity contribution in [2.24, 2.45) is 0 Å². The molecule has 2 fully saturated rings. The van der Waals surface area contributed by atoms with Gasteiger partial charge < -0.3 is 4.74 Å². The lowest BCUT2D eigenvalue weighted by Crippen LogP contribution is -2.46. The number of alkyl halides is 3. The summed E-state index contributed by atoms with van der Waals surface area (Å²) in [4.78, 5) is 32.6. The molecule has 2 saturated heterocycles. The molecule has 3 aromatic rings. The summed E-state index contributed by atoms with van der Waals surface area (Å²) < 4.78 is 48.2. The topological polar surface area (TPSA) is 84.7 Å². The number of aryl methyl sites for hydroxylation is 1. The number of rotatable bonds is 6. The number of ether oxygens (including phenoxy) is 1. The van der Waals surface area contributed by atoms with Crippen molar-refractivity contribution in [3.05, 3.63) is 72.1 Å². The number of likely N-dealkylation sites (tertiary alicyclic amines) is 1. The first kappa shape index (κ1) is 28.1. The largest absolute Gasteiger partial charge is 0.441 e. The molecule has 2 aromatic carbocycles. The Morgan fingerprint density at radius 1 is 1.08 bits per heavy atom. The minimum absolute atomic E-state index is 0.250. The van der Waals surface area contributed by atoms with Crippen LogP contribution in [0.1, 0.15) is 37.3 Å². The molecule has 0 bridgehead atoms. The summed E-state index contributed by atoms with van der Waals surface area (Å²) in [5.74, 6) is 0. The molecular weight excluding hydrogens is 513 g/mol. The highest BCUT2D eigenvalue weighted by molar-refractivity contribution is 5.90. The summed E-state index contributed by atoms with van der Waals surface area (Å²) in [5, 5.41) is 4.36. The van der Waals surface area contributed by atoms with Gasteiger partial charge in [0, 0.05) is 56.5 Å². The molecule has 2 aliphatic rings. The van der Waals surface area contributed by atoms with E-state index in [-0.39, 0.29) is 12.2 Å². The van der Waals surface area contributed by atoms with Gasteiger partial charge in [0.15, 0.2) is 0 Å². The predicted molar refractivity (Wildman–Crippen MR) is 135 cm³/mol. The second-order valence-corrected chi connectivity index (χ2v) is 9.69. The summed E-state index contributed by atoms with van der Waals surface area (Å²) in [6.07, 6.45) is 1.27. The van der Waals surface area contributed by atoms with Crippen LogP contribution in [0.4, 0.5) is 23.7 Å². The molecule has 0 saturated carbocycles. The third-order valence-corrected chi connectivity index (χ3v) is 7.03. The van der Waals surface area contributed by atoms with Gasteiger partial charge in [0.25, 0.3) is 0 Å². The maximum Gasteiger partial charge on any atom is 0.416 e. The molecule has 39 heavy (non-hydrogen) atoms. The molecule has 1 aromatic heterocycles. The van der Waals surface area contributed by atoms with E-state index in [1.54, 1.807) is 17.2 Å². The van der Waals surface area contributed by atoms with Gasteiger partial charge in [-0.2, -0.15) is 27.9 Å². The Morgan fingerprint density at radius 2 is 1.77 bits per heavy atom. The van der Waals surface area contributed by atoms with Gasteiger partial charge in [-0.3, -0.25) is 14.5 Å². The molecule has 1 amide bonds. The van der Waals surface area contributed by atoms with E-state index in [0.717, 1.165) is 35.8 Å². The Bertz CT molecular complexity index is 1310. The maximum absolute atomic E-state index is 13.5. The summed E-state index contributed by atoms with van der Waals surface area (Å²) >= 11 is 0. The Balaban J connectivity index is 0.00000112. The third kappa shape index (κ3) is 6.55. The van der Waals surface area contributed by atoms with E-state index in [4.69, 9.17) is 14.3 Å². The molecule has 0 N–H and O–H groups in total. The average Bonchev–Trinajstić information content (AvgIpc) is 3.50. The SMILES string of the molecule is CCCn1cc(-c2ccc(C(F)(F)F)cc2CN2CCC3(CC2)CN(c2ccccc2)C(=O)O3)cn1.O=C=O. The van der Waals surface area contributed by atoms with Crippen LogP contribution in [0.3, 0.4) is 0 Å². The first-order chi connectivity index (χ1) is 18.7. The highest BCUT2D eigenvalue weighted by Crippen LogP contribution is 2.38. The zero-order valence-corrected chi connectivity index (χ0v) is 21.5. The van der Waals surface area contributed by atoms with Crippen molar-refractivity contribution < 1.29 is 32.3 Å². The molecule has 5 rings (SSSR count). The minimum Gasteiger partial charge on any atom is -0.441 e. The second-order valence-electron chi connectivity index (χ2n) is 9.69. The van der Waals surface area contributed by atoms with Crippen LogP contribution in [0.2, 0.25) is 0 Å². The molecule has 11 heteroatoms. The lowest BCUT2D eigenvalue weighted by Gasteiger charge is -2.37. The zero-order chi connectivity index (χ0) is 28.0. The average molecular weight is 543 g/mol. The lowest BCUT2D eigenvalue weighted by molar-refractivity contribution is -0.191. The minimum atomic E-state index is -4.41. The van der Waals surface area contributed by atoms with Crippen LogP contribution in [-0.4, -0.2) is 52.2 Å². The van der Waals surface area contributed by atoms with E-state index in [1.807, 2.05) is 41.2 Å². The number of nitrogens with zero attached hydrogens (tertiary/aromatic N) is 4.